The first kappa shape index (κ1) is 21.6. The van der Waals surface area contributed by atoms with E-state index in [0.29, 0.717) is 37.2 Å². The second-order valence-electron chi connectivity index (χ2n) is 7.46. The van der Waals surface area contributed by atoms with Crippen LogP contribution in [-0.4, -0.2) is 49.4 Å². The molecule has 0 aromatic heterocycles. The zero-order valence-corrected chi connectivity index (χ0v) is 17.5. The van der Waals surface area contributed by atoms with E-state index in [1.165, 1.54) is 0 Å². The summed E-state index contributed by atoms with van der Waals surface area (Å²) in [6.07, 6.45) is 1.71. The number of esters is 1. The minimum atomic E-state index is -0.220. The maximum atomic E-state index is 13.0. The Hall–Kier alpha value is -3.15. The third-order valence-corrected chi connectivity index (χ3v) is 5.45. The highest BCUT2D eigenvalue weighted by Gasteiger charge is 2.29. The van der Waals surface area contributed by atoms with Gasteiger partial charge in [0.05, 0.1) is 24.3 Å². The molecular weight excluding hydrogens is 380 g/mol. The van der Waals surface area contributed by atoms with Crippen LogP contribution in [0.1, 0.15) is 48.0 Å². The highest BCUT2D eigenvalue weighted by atomic mass is 16.5. The summed E-state index contributed by atoms with van der Waals surface area (Å²) in [6.45, 7) is 2.67. The molecule has 6 heteroatoms. The highest BCUT2D eigenvalue weighted by Crippen LogP contribution is 2.27. The van der Waals surface area contributed by atoms with E-state index in [1.807, 2.05) is 42.5 Å². The van der Waals surface area contributed by atoms with E-state index in [0.717, 1.165) is 12.0 Å². The Morgan fingerprint density at radius 1 is 1.07 bits per heavy atom. The summed E-state index contributed by atoms with van der Waals surface area (Å²) in [4.78, 5) is 40.8. The van der Waals surface area contributed by atoms with Gasteiger partial charge >= 0.3 is 5.97 Å². The van der Waals surface area contributed by atoms with E-state index in [4.69, 9.17) is 4.74 Å². The monoisotopic (exact) mass is 408 g/mol. The molecule has 0 saturated heterocycles. The van der Waals surface area contributed by atoms with E-state index < -0.39 is 0 Å². The van der Waals surface area contributed by atoms with Crippen molar-refractivity contribution in [1.29, 1.82) is 0 Å². The van der Waals surface area contributed by atoms with Gasteiger partial charge in [0.25, 0.3) is 5.91 Å². The molecule has 0 aliphatic carbocycles. The number of anilines is 1. The first-order chi connectivity index (χ1) is 14.5. The van der Waals surface area contributed by atoms with Crippen LogP contribution in [0.15, 0.2) is 54.6 Å². The largest absolute Gasteiger partial charge is 0.466 e. The van der Waals surface area contributed by atoms with Crippen molar-refractivity contribution in [1.82, 2.24) is 4.90 Å². The summed E-state index contributed by atoms with van der Waals surface area (Å²) in [5.74, 6) is -0.453. The molecule has 0 bridgehead atoms. The molecule has 158 valence electrons. The predicted octanol–water partition coefficient (Wildman–Crippen LogP) is 3.62. The maximum absolute atomic E-state index is 13.0. The van der Waals surface area contributed by atoms with Gasteiger partial charge in [-0.1, -0.05) is 42.5 Å². The van der Waals surface area contributed by atoms with Crippen LogP contribution in [0.3, 0.4) is 0 Å². The number of hydrogen-bond acceptors (Lipinski definition) is 4. The van der Waals surface area contributed by atoms with Crippen molar-refractivity contribution in [2.75, 3.05) is 31.6 Å². The number of ether oxygens (including phenoxy) is 1. The SMILES string of the molecule is CCOC(=O)C[C@@H](CCCN1CC(=O)N(C)c2ccccc2C1=O)c1ccccc1. The van der Waals surface area contributed by atoms with Gasteiger partial charge < -0.3 is 14.5 Å². The lowest BCUT2D eigenvalue weighted by Crippen LogP contribution is -2.38. The summed E-state index contributed by atoms with van der Waals surface area (Å²) in [6, 6.07) is 17.1. The van der Waals surface area contributed by atoms with Crippen LogP contribution in [0.25, 0.3) is 0 Å². The third-order valence-electron chi connectivity index (χ3n) is 5.45. The van der Waals surface area contributed by atoms with Crippen molar-refractivity contribution in [3.05, 3.63) is 65.7 Å². The average molecular weight is 408 g/mol. The second-order valence-corrected chi connectivity index (χ2v) is 7.46. The van der Waals surface area contributed by atoms with Crippen molar-refractivity contribution in [2.45, 2.75) is 32.1 Å². The first-order valence-corrected chi connectivity index (χ1v) is 10.4. The number of carbonyl (C=O) groups is 3. The standard InChI is InChI=1S/C24H28N2O4/c1-3-30-23(28)16-19(18-10-5-4-6-11-18)12-9-15-26-17-22(27)25(2)21-14-8-7-13-20(21)24(26)29/h4-8,10-11,13-14,19H,3,9,12,15-17H2,1-2H3/t19-/m1/s1. The van der Waals surface area contributed by atoms with Gasteiger partial charge in [-0.3, -0.25) is 14.4 Å². The molecule has 1 aliphatic rings. The fourth-order valence-corrected chi connectivity index (χ4v) is 3.83. The van der Waals surface area contributed by atoms with Crippen LogP contribution >= 0.6 is 0 Å². The van der Waals surface area contributed by atoms with Crippen LogP contribution in [0.2, 0.25) is 0 Å². The predicted molar refractivity (Wildman–Crippen MR) is 115 cm³/mol. The fourth-order valence-electron chi connectivity index (χ4n) is 3.83. The molecule has 2 aromatic rings. The molecule has 0 saturated carbocycles. The van der Waals surface area contributed by atoms with Gasteiger partial charge in [-0.05, 0) is 43.4 Å². The average Bonchev–Trinajstić information content (AvgIpc) is 2.85. The summed E-state index contributed by atoms with van der Waals surface area (Å²) < 4.78 is 5.14. The number of likely N-dealkylation sites (N-methyl/N-ethyl adjacent to an activating group) is 1. The lowest BCUT2D eigenvalue weighted by atomic mass is 9.91. The quantitative estimate of drug-likeness (QED) is 0.626. The topological polar surface area (TPSA) is 66.9 Å². The molecule has 0 spiro atoms. The van der Waals surface area contributed by atoms with Crippen LogP contribution in [0, 0.1) is 0 Å². The van der Waals surface area contributed by atoms with Gasteiger partial charge in [0.2, 0.25) is 5.91 Å². The van der Waals surface area contributed by atoms with Crippen molar-refractivity contribution < 1.29 is 19.1 Å². The van der Waals surface area contributed by atoms with Gasteiger partial charge in [0, 0.05) is 13.6 Å². The van der Waals surface area contributed by atoms with Crippen LogP contribution < -0.4 is 4.90 Å². The molecule has 1 atom stereocenters. The van der Waals surface area contributed by atoms with E-state index in [2.05, 4.69) is 0 Å². The van der Waals surface area contributed by atoms with Crippen molar-refractivity contribution in [3.8, 4) is 0 Å². The molecule has 30 heavy (non-hydrogen) atoms. The number of rotatable bonds is 8. The minimum absolute atomic E-state index is 0.0120. The van der Waals surface area contributed by atoms with Crippen molar-refractivity contribution >= 4 is 23.5 Å². The number of amides is 2. The van der Waals surface area contributed by atoms with Gasteiger partial charge in [0.1, 0.15) is 6.54 Å². The highest BCUT2D eigenvalue weighted by molar-refractivity contribution is 6.09. The molecule has 2 amide bonds. The Morgan fingerprint density at radius 2 is 1.77 bits per heavy atom. The van der Waals surface area contributed by atoms with Crippen LogP contribution in [-0.2, 0) is 14.3 Å². The number of nitrogens with zero attached hydrogens (tertiary/aromatic N) is 2. The van der Waals surface area contributed by atoms with Gasteiger partial charge in [-0.2, -0.15) is 0 Å². The molecule has 0 unspecified atom stereocenters. The Bertz CT molecular complexity index is 897. The molecule has 6 nitrogen and oxygen atoms in total. The number of carbonyl (C=O) groups excluding carboxylic acids is 3. The fraction of sp³-hybridized carbons (Fsp3) is 0.375. The molecular formula is C24H28N2O4. The molecule has 0 N–H and O–H groups in total. The van der Waals surface area contributed by atoms with Gasteiger partial charge in [0.15, 0.2) is 0 Å². The molecule has 1 aliphatic heterocycles. The summed E-state index contributed by atoms with van der Waals surface area (Å²) >= 11 is 0. The van der Waals surface area contributed by atoms with Crippen LogP contribution in [0.4, 0.5) is 5.69 Å². The van der Waals surface area contributed by atoms with Crippen LogP contribution in [0.5, 0.6) is 0 Å². The van der Waals surface area contributed by atoms with E-state index in [-0.39, 0.29) is 30.2 Å². The normalized spacial score (nSPS) is 14.9. The summed E-state index contributed by atoms with van der Waals surface area (Å²) in [5.41, 5.74) is 2.25. The smallest absolute Gasteiger partial charge is 0.306 e. The van der Waals surface area contributed by atoms with Gasteiger partial charge in [-0.25, -0.2) is 0 Å². The van der Waals surface area contributed by atoms with Crippen molar-refractivity contribution in [3.63, 3.8) is 0 Å². The molecule has 3 rings (SSSR count). The summed E-state index contributed by atoms with van der Waals surface area (Å²) in [7, 11) is 1.70. The first-order valence-electron chi connectivity index (χ1n) is 10.4. The number of benzene rings is 2. The minimum Gasteiger partial charge on any atom is -0.466 e. The Labute approximate surface area is 177 Å². The zero-order chi connectivity index (χ0) is 21.5. The Kier molecular flexibility index (Phi) is 7.22. The molecule has 1 heterocycles. The Morgan fingerprint density at radius 3 is 2.50 bits per heavy atom. The number of fused-ring (bicyclic) bond motifs is 1. The van der Waals surface area contributed by atoms with Crippen molar-refractivity contribution in [2.24, 2.45) is 0 Å². The molecule has 0 radical (unpaired) electrons. The van der Waals surface area contributed by atoms with E-state index >= 15 is 0 Å². The van der Waals surface area contributed by atoms with E-state index in [9.17, 15) is 14.4 Å². The third kappa shape index (κ3) is 5.06. The van der Waals surface area contributed by atoms with Gasteiger partial charge in [-0.15, -0.1) is 0 Å². The number of para-hydroxylation sites is 1. The lowest BCUT2D eigenvalue weighted by molar-refractivity contribution is -0.143. The lowest BCUT2D eigenvalue weighted by Gasteiger charge is -2.22. The number of hydrogen-bond donors (Lipinski definition) is 0. The maximum Gasteiger partial charge on any atom is 0.306 e. The molecule has 2 aromatic carbocycles. The molecule has 0 fully saturated rings. The summed E-state index contributed by atoms with van der Waals surface area (Å²) in [5, 5.41) is 0. The zero-order valence-electron chi connectivity index (χ0n) is 17.5. The Balaban J connectivity index is 1.69. The van der Waals surface area contributed by atoms with E-state index in [1.54, 1.807) is 35.9 Å². The second kappa shape index (κ2) is 10.1.